The molecule has 10 aromatic carbocycles. The van der Waals surface area contributed by atoms with Crippen LogP contribution in [-0.4, -0.2) is 13.7 Å². The summed E-state index contributed by atoms with van der Waals surface area (Å²) < 4.78 is 7.34. The van der Waals surface area contributed by atoms with E-state index in [2.05, 4.69) is 250 Å². The van der Waals surface area contributed by atoms with Crippen LogP contribution in [0.15, 0.2) is 237 Å². The summed E-state index contributed by atoms with van der Waals surface area (Å²) in [5.41, 5.74) is 17.6. The lowest BCUT2D eigenvalue weighted by Crippen LogP contribution is -2.01. The highest BCUT2D eigenvalue weighted by Crippen LogP contribution is 2.42. The summed E-state index contributed by atoms with van der Waals surface area (Å²) in [6.45, 7) is 0. The Morgan fingerprint density at radius 3 is 1.13 bits per heavy atom. The minimum Gasteiger partial charge on any atom is -0.309 e. The maximum atomic E-state index is 2.48. The van der Waals surface area contributed by atoms with Gasteiger partial charge >= 0.3 is 0 Å². The van der Waals surface area contributed by atoms with Gasteiger partial charge in [0, 0.05) is 49.3 Å². The molecule has 3 heterocycles. The fourth-order valence-corrected chi connectivity index (χ4v) is 10.2. The molecule has 13 aromatic rings. The highest BCUT2D eigenvalue weighted by Gasteiger charge is 2.21. The Morgan fingerprint density at radius 1 is 0.206 bits per heavy atom. The van der Waals surface area contributed by atoms with E-state index in [1.165, 1.54) is 87.7 Å². The second-order valence-electron chi connectivity index (χ2n) is 16.5. The van der Waals surface area contributed by atoms with Gasteiger partial charge in [0.25, 0.3) is 0 Å². The van der Waals surface area contributed by atoms with Gasteiger partial charge in [-0.1, -0.05) is 158 Å². The molecule has 0 N–H and O–H groups in total. The fraction of sp³-hybridized carbons (Fsp3) is 0. The maximum absolute atomic E-state index is 2.48. The van der Waals surface area contributed by atoms with Crippen LogP contribution in [0.5, 0.6) is 0 Å². The molecular weight excluding hydrogens is 763 g/mol. The molecule has 0 atom stereocenters. The predicted molar refractivity (Wildman–Crippen MR) is 266 cm³/mol. The molecule has 3 heteroatoms. The van der Waals surface area contributed by atoms with Crippen molar-refractivity contribution in [2.75, 3.05) is 0 Å². The Hall–Kier alpha value is -8.40. The monoisotopic (exact) mass is 801 g/mol. The molecule has 0 saturated heterocycles. The van der Waals surface area contributed by atoms with E-state index in [4.69, 9.17) is 0 Å². The first-order chi connectivity index (χ1) is 31.3. The Labute approximate surface area is 364 Å². The third-order valence-electron chi connectivity index (χ3n) is 13.0. The molecule has 0 saturated carbocycles. The van der Waals surface area contributed by atoms with Gasteiger partial charge in [-0.2, -0.15) is 0 Å². The normalized spacial score (nSPS) is 11.8. The van der Waals surface area contributed by atoms with Crippen molar-refractivity contribution in [1.29, 1.82) is 0 Å². The Balaban J connectivity index is 1.08. The third kappa shape index (κ3) is 5.53. The highest BCUT2D eigenvalue weighted by molar-refractivity contribution is 6.13. The largest absolute Gasteiger partial charge is 0.309 e. The van der Waals surface area contributed by atoms with Crippen molar-refractivity contribution in [2.45, 2.75) is 0 Å². The lowest BCUT2D eigenvalue weighted by atomic mass is 10.0. The van der Waals surface area contributed by atoms with Gasteiger partial charge in [0.05, 0.1) is 38.8 Å². The lowest BCUT2D eigenvalue weighted by molar-refractivity contribution is 1.14. The highest BCUT2D eigenvalue weighted by atomic mass is 15.0. The first kappa shape index (κ1) is 35.4. The van der Waals surface area contributed by atoms with Crippen molar-refractivity contribution in [3.8, 4) is 50.4 Å². The standard InChI is InChI=1S/C60H39N3/c1-3-16-40(17-4-1)42-30-33-59-52(37-42)49-24-9-13-28-56(49)62(59)46-32-35-58(63-57-29-14-10-25-50(57)53-38-43(31-34-60(53)63)41-18-5-2-6-19-41)51(39-46)44-20-15-21-45(36-44)61-54-26-11-7-22-47(54)48-23-8-12-27-55(48)61/h1-39H. The lowest BCUT2D eigenvalue weighted by Gasteiger charge is -2.18. The van der Waals surface area contributed by atoms with Gasteiger partial charge in [-0.05, 0) is 107 Å². The summed E-state index contributed by atoms with van der Waals surface area (Å²) in [6.07, 6.45) is 0. The molecule has 0 bridgehead atoms. The summed E-state index contributed by atoms with van der Waals surface area (Å²) in [6, 6.07) is 86.6. The van der Waals surface area contributed by atoms with Gasteiger partial charge < -0.3 is 13.7 Å². The first-order valence-corrected chi connectivity index (χ1v) is 21.7. The van der Waals surface area contributed by atoms with Crippen molar-refractivity contribution < 1.29 is 0 Å². The van der Waals surface area contributed by atoms with Crippen molar-refractivity contribution in [1.82, 2.24) is 13.7 Å². The topological polar surface area (TPSA) is 14.8 Å². The van der Waals surface area contributed by atoms with Crippen molar-refractivity contribution in [3.05, 3.63) is 237 Å². The summed E-state index contributed by atoms with van der Waals surface area (Å²) in [4.78, 5) is 0. The zero-order valence-corrected chi connectivity index (χ0v) is 34.4. The molecule has 0 aliphatic carbocycles. The van der Waals surface area contributed by atoms with Crippen LogP contribution in [0.1, 0.15) is 0 Å². The van der Waals surface area contributed by atoms with Crippen LogP contribution >= 0.6 is 0 Å². The van der Waals surface area contributed by atoms with Gasteiger partial charge in [0.2, 0.25) is 0 Å². The third-order valence-corrected chi connectivity index (χ3v) is 13.0. The van der Waals surface area contributed by atoms with Crippen molar-refractivity contribution in [3.63, 3.8) is 0 Å². The van der Waals surface area contributed by atoms with E-state index in [1.54, 1.807) is 0 Å². The Morgan fingerprint density at radius 2 is 0.603 bits per heavy atom. The first-order valence-electron chi connectivity index (χ1n) is 21.7. The Kier molecular flexibility index (Phi) is 7.91. The van der Waals surface area contributed by atoms with Gasteiger partial charge in [0.15, 0.2) is 0 Å². The number of fused-ring (bicyclic) bond motifs is 9. The molecular formula is C60H39N3. The van der Waals surface area contributed by atoms with E-state index in [0.717, 1.165) is 28.2 Å². The minimum absolute atomic E-state index is 1.11. The smallest absolute Gasteiger partial charge is 0.0542 e. The zero-order chi connectivity index (χ0) is 41.4. The average Bonchev–Trinajstić information content (AvgIpc) is 4.00. The summed E-state index contributed by atoms with van der Waals surface area (Å²) in [5.74, 6) is 0. The number of para-hydroxylation sites is 4. The molecule has 0 radical (unpaired) electrons. The Bertz CT molecular complexity index is 3850. The molecule has 0 unspecified atom stereocenters. The van der Waals surface area contributed by atoms with Crippen molar-refractivity contribution >= 4 is 65.4 Å². The van der Waals surface area contributed by atoms with E-state index >= 15 is 0 Å². The SMILES string of the molecule is c1ccc(-c2ccc3c(c2)c2ccccc2n3-c2ccc(-n3c4ccccc4c4cc(-c5ccccc5)ccc43)c(-c3cccc(-n4c5ccccc5c5ccccc54)c3)c2)cc1. The molecule has 0 spiro atoms. The van der Waals surface area contributed by atoms with Crippen LogP contribution < -0.4 is 0 Å². The van der Waals surface area contributed by atoms with Gasteiger partial charge in [-0.15, -0.1) is 0 Å². The van der Waals surface area contributed by atoms with Crippen LogP contribution in [0.4, 0.5) is 0 Å². The number of nitrogens with zero attached hydrogens (tertiary/aromatic N) is 3. The van der Waals surface area contributed by atoms with Crippen LogP contribution in [0.2, 0.25) is 0 Å². The fourth-order valence-electron chi connectivity index (χ4n) is 10.2. The average molecular weight is 802 g/mol. The second-order valence-corrected chi connectivity index (χ2v) is 16.5. The van der Waals surface area contributed by atoms with E-state index < -0.39 is 0 Å². The van der Waals surface area contributed by atoms with Crippen molar-refractivity contribution in [2.24, 2.45) is 0 Å². The molecule has 294 valence electrons. The van der Waals surface area contributed by atoms with E-state index in [9.17, 15) is 0 Å². The number of hydrogen-bond donors (Lipinski definition) is 0. The quantitative estimate of drug-likeness (QED) is 0.159. The summed E-state index contributed by atoms with van der Waals surface area (Å²) >= 11 is 0. The van der Waals surface area contributed by atoms with Gasteiger partial charge in [0.1, 0.15) is 0 Å². The molecule has 0 amide bonds. The number of hydrogen-bond acceptors (Lipinski definition) is 0. The van der Waals surface area contributed by atoms with Gasteiger partial charge in [-0.3, -0.25) is 0 Å². The minimum atomic E-state index is 1.11. The summed E-state index contributed by atoms with van der Waals surface area (Å²) in [7, 11) is 0. The molecule has 3 aromatic heterocycles. The number of aromatic nitrogens is 3. The molecule has 0 aliphatic rings. The maximum Gasteiger partial charge on any atom is 0.0542 e. The number of rotatable bonds is 6. The van der Waals surface area contributed by atoms with E-state index in [1.807, 2.05) is 0 Å². The zero-order valence-electron chi connectivity index (χ0n) is 34.4. The molecule has 0 fully saturated rings. The molecule has 63 heavy (non-hydrogen) atoms. The molecule has 3 nitrogen and oxygen atoms in total. The molecule has 13 rings (SSSR count). The van der Waals surface area contributed by atoms with Crippen LogP contribution in [0, 0.1) is 0 Å². The molecule has 0 aliphatic heterocycles. The second kappa shape index (κ2) is 14.1. The number of benzene rings is 10. The van der Waals surface area contributed by atoms with Crippen LogP contribution in [-0.2, 0) is 0 Å². The van der Waals surface area contributed by atoms with E-state index in [-0.39, 0.29) is 0 Å². The van der Waals surface area contributed by atoms with Crippen LogP contribution in [0.3, 0.4) is 0 Å². The summed E-state index contributed by atoms with van der Waals surface area (Å²) in [5, 5.41) is 7.45. The van der Waals surface area contributed by atoms with E-state index in [0.29, 0.717) is 0 Å². The van der Waals surface area contributed by atoms with Gasteiger partial charge in [-0.25, -0.2) is 0 Å². The van der Waals surface area contributed by atoms with Crippen LogP contribution in [0.25, 0.3) is 116 Å². The predicted octanol–water partition coefficient (Wildman–Crippen LogP) is 16.0.